The highest BCUT2D eigenvalue weighted by Gasteiger charge is 2.27. The van der Waals surface area contributed by atoms with Crippen LogP contribution in [0, 0.1) is 24.5 Å². The fraction of sp³-hybridized carbons (Fsp3) is 0.625. The maximum absolute atomic E-state index is 13.0. The van der Waals surface area contributed by atoms with Gasteiger partial charge in [0, 0.05) is 10.9 Å². The Morgan fingerprint density at radius 2 is 2.05 bits per heavy atom. The van der Waals surface area contributed by atoms with Crippen molar-refractivity contribution < 1.29 is 0 Å². The van der Waals surface area contributed by atoms with Crippen LogP contribution in [0.5, 0.6) is 0 Å². The van der Waals surface area contributed by atoms with Crippen LogP contribution in [0.3, 0.4) is 0 Å². The van der Waals surface area contributed by atoms with Crippen molar-refractivity contribution >= 4 is 33.8 Å². The van der Waals surface area contributed by atoms with E-state index in [9.17, 15) is 4.79 Å². The highest BCUT2D eigenvalue weighted by molar-refractivity contribution is 7.71. The van der Waals surface area contributed by atoms with Gasteiger partial charge in [-0.3, -0.25) is 9.36 Å². The van der Waals surface area contributed by atoms with Gasteiger partial charge >= 0.3 is 0 Å². The van der Waals surface area contributed by atoms with E-state index < -0.39 is 0 Å². The lowest BCUT2D eigenvalue weighted by Crippen LogP contribution is -2.32. The molecule has 2 heterocycles. The van der Waals surface area contributed by atoms with E-state index in [2.05, 4.69) is 18.8 Å². The van der Waals surface area contributed by atoms with E-state index in [0.29, 0.717) is 10.7 Å². The maximum Gasteiger partial charge on any atom is 0.263 e. The average Bonchev–Trinajstić information content (AvgIpc) is 2.74. The molecule has 0 radical (unpaired) electrons. The predicted octanol–water partition coefficient (Wildman–Crippen LogP) is 4.88. The Bertz CT molecular complexity index is 784. The van der Waals surface area contributed by atoms with Crippen molar-refractivity contribution in [3.63, 3.8) is 0 Å². The summed E-state index contributed by atoms with van der Waals surface area (Å²) in [6.07, 6.45) is 5.87. The van der Waals surface area contributed by atoms with Crippen LogP contribution in [0.4, 0.5) is 0 Å². The van der Waals surface area contributed by atoms with E-state index in [1.807, 2.05) is 11.5 Å². The van der Waals surface area contributed by atoms with Crippen molar-refractivity contribution in [3.05, 3.63) is 25.6 Å². The SMILES string of the molecule is CCC1CCCCC1n1c(=S)[nH]c2sc(C)c(C)c2c1=O. The zero-order chi connectivity index (χ0) is 15.1. The summed E-state index contributed by atoms with van der Waals surface area (Å²) in [5.41, 5.74) is 1.21. The molecule has 5 heteroatoms. The molecular weight excluding hydrogens is 300 g/mol. The van der Waals surface area contributed by atoms with Crippen LogP contribution < -0.4 is 5.56 Å². The minimum Gasteiger partial charge on any atom is -0.323 e. The van der Waals surface area contributed by atoms with Crippen molar-refractivity contribution in [2.75, 3.05) is 0 Å². The van der Waals surface area contributed by atoms with Crippen LogP contribution in [0.2, 0.25) is 0 Å². The predicted molar refractivity (Wildman–Crippen MR) is 92.0 cm³/mol. The number of hydrogen-bond donors (Lipinski definition) is 1. The van der Waals surface area contributed by atoms with Gasteiger partial charge in [0.25, 0.3) is 5.56 Å². The highest BCUT2D eigenvalue weighted by atomic mass is 32.1. The molecule has 1 saturated carbocycles. The van der Waals surface area contributed by atoms with Crippen LogP contribution in [0.15, 0.2) is 4.79 Å². The number of aryl methyl sites for hydroxylation is 2. The normalized spacial score (nSPS) is 22.8. The Balaban J connectivity index is 2.25. The number of aromatic nitrogens is 2. The zero-order valence-corrected chi connectivity index (χ0v) is 14.5. The zero-order valence-electron chi connectivity index (χ0n) is 12.9. The molecule has 3 nitrogen and oxygen atoms in total. The summed E-state index contributed by atoms with van der Waals surface area (Å²) >= 11 is 7.15. The van der Waals surface area contributed by atoms with E-state index in [-0.39, 0.29) is 11.6 Å². The topological polar surface area (TPSA) is 37.8 Å². The molecule has 2 aromatic heterocycles. The molecule has 3 rings (SSSR count). The van der Waals surface area contributed by atoms with E-state index in [1.54, 1.807) is 11.3 Å². The summed E-state index contributed by atoms with van der Waals surface area (Å²) < 4.78 is 2.48. The van der Waals surface area contributed by atoms with Gasteiger partial charge in [0.05, 0.1) is 5.39 Å². The third-order valence-corrected chi connectivity index (χ3v) is 6.40. The molecule has 2 atom stereocenters. The number of H-pyrrole nitrogens is 1. The van der Waals surface area contributed by atoms with Crippen molar-refractivity contribution in [3.8, 4) is 0 Å². The standard InChI is InChI=1S/C16H22N2OS2/c1-4-11-7-5-6-8-12(11)18-15(19)13-9(2)10(3)21-14(13)17-16(18)20/h11-12H,4-8H2,1-3H3,(H,17,20). The van der Waals surface area contributed by atoms with E-state index >= 15 is 0 Å². The van der Waals surface area contributed by atoms with E-state index in [0.717, 1.165) is 28.6 Å². The molecule has 0 aliphatic heterocycles. The Morgan fingerprint density at radius 3 is 2.76 bits per heavy atom. The number of fused-ring (bicyclic) bond motifs is 1. The maximum atomic E-state index is 13.0. The van der Waals surface area contributed by atoms with Gasteiger partial charge in [-0.05, 0) is 50.4 Å². The molecule has 2 aromatic rings. The second-order valence-electron chi connectivity index (χ2n) is 6.11. The van der Waals surface area contributed by atoms with Crippen molar-refractivity contribution in [2.24, 2.45) is 5.92 Å². The van der Waals surface area contributed by atoms with E-state index in [4.69, 9.17) is 12.2 Å². The summed E-state index contributed by atoms with van der Waals surface area (Å²) in [7, 11) is 0. The van der Waals surface area contributed by atoms with Gasteiger partial charge in [-0.1, -0.05) is 26.2 Å². The fourth-order valence-corrected chi connectivity index (χ4v) is 5.08. The molecule has 1 aliphatic carbocycles. The molecule has 0 amide bonds. The number of rotatable bonds is 2. The third-order valence-electron chi connectivity index (χ3n) is 4.98. The van der Waals surface area contributed by atoms with Gasteiger partial charge in [-0.15, -0.1) is 11.3 Å². The summed E-state index contributed by atoms with van der Waals surface area (Å²) in [6.45, 7) is 6.32. The van der Waals surface area contributed by atoms with Crippen molar-refractivity contribution in [2.45, 2.75) is 58.9 Å². The first-order valence-electron chi connectivity index (χ1n) is 7.79. The molecule has 1 N–H and O–H groups in total. The van der Waals surface area contributed by atoms with Gasteiger partial charge in [0.15, 0.2) is 4.77 Å². The lowest BCUT2D eigenvalue weighted by atomic mass is 9.82. The first kappa shape index (κ1) is 15.0. The molecule has 21 heavy (non-hydrogen) atoms. The molecular formula is C16H22N2OS2. The average molecular weight is 322 g/mol. The number of nitrogens with zero attached hydrogens (tertiary/aromatic N) is 1. The molecule has 2 unspecified atom stereocenters. The largest absolute Gasteiger partial charge is 0.323 e. The van der Waals surface area contributed by atoms with Gasteiger partial charge in [0.1, 0.15) is 4.83 Å². The molecule has 0 bridgehead atoms. The lowest BCUT2D eigenvalue weighted by Gasteiger charge is -2.32. The number of nitrogens with one attached hydrogen (secondary N) is 1. The van der Waals surface area contributed by atoms with Crippen molar-refractivity contribution in [1.29, 1.82) is 0 Å². The minimum atomic E-state index is 0.112. The summed E-state index contributed by atoms with van der Waals surface area (Å²) in [4.78, 5) is 18.5. The van der Waals surface area contributed by atoms with Gasteiger partial charge in [-0.2, -0.15) is 0 Å². The second-order valence-corrected chi connectivity index (χ2v) is 7.72. The minimum absolute atomic E-state index is 0.112. The number of thiophene rings is 1. The first-order chi connectivity index (χ1) is 10.0. The molecule has 114 valence electrons. The van der Waals surface area contributed by atoms with E-state index in [1.165, 1.54) is 24.1 Å². The summed E-state index contributed by atoms with van der Waals surface area (Å²) in [6, 6.07) is 0.268. The monoisotopic (exact) mass is 322 g/mol. The molecule has 0 spiro atoms. The van der Waals surface area contributed by atoms with Gasteiger partial charge < -0.3 is 4.98 Å². The summed E-state index contributed by atoms with van der Waals surface area (Å²) in [5.74, 6) is 0.573. The van der Waals surface area contributed by atoms with Gasteiger partial charge in [-0.25, -0.2) is 0 Å². The Labute approximate surface area is 134 Å². The fourth-order valence-electron chi connectivity index (χ4n) is 3.65. The highest BCUT2D eigenvalue weighted by Crippen LogP contribution is 2.36. The Hall–Kier alpha value is -0.940. The Kier molecular flexibility index (Phi) is 4.06. The van der Waals surface area contributed by atoms with Crippen molar-refractivity contribution in [1.82, 2.24) is 9.55 Å². The van der Waals surface area contributed by atoms with Crippen LogP contribution in [0.1, 0.15) is 55.5 Å². The molecule has 1 aliphatic rings. The molecule has 1 fully saturated rings. The summed E-state index contributed by atoms with van der Waals surface area (Å²) in [5, 5.41) is 0.839. The first-order valence-corrected chi connectivity index (χ1v) is 9.01. The van der Waals surface area contributed by atoms with Crippen LogP contribution in [0.25, 0.3) is 10.2 Å². The van der Waals surface area contributed by atoms with Crippen LogP contribution in [-0.4, -0.2) is 9.55 Å². The lowest BCUT2D eigenvalue weighted by molar-refractivity contribution is 0.225. The van der Waals surface area contributed by atoms with Crippen LogP contribution in [-0.2, 0) is 0 Å². The third kappa shape index (κ3) is 2.40. The number of aromatic amines is 1. The van der Waals surface area contributed by atoms with Crippen LogP contribution >= 0.6 is 23.6 Å². The number of hydrogen-bond acceptors (Lipinski definition) is 3. The quantitative estimate of drug-likeness (QED) is 0.800. The molecule has 0 aromatic carbocycles. The molecule has 0 saturated heterocycles. The second kappa shape index (κ2) is 5.69. The smallest absolute Gasteiger partial charge is 0.263 e. The van der Waals surface area contributed by atoms with Gasteiger partial charge in [0.2, 0.25) is 0 Å². The Morgan fingerprint density at radius 1 is 1.33 bits per heavy atom.